The molecule has 0 spiro atoms. The third-order valence-corrected chi connectivity index (χ3v) is 5.78. The number of amides is 1. The molecule has 0 unspecified atom stereocenters. The Balaban J connectivity index is 1.42. The van der Waals surface area contributed by atoms with Gasteiger partial charge in [0.05, 0.1) is 0 Å². The molecule has 1 saturated carbocycles. The first-order valence-electron chi connectivity index (χ1n) is 9.29. The van der Waals surface area contributed by atoms with E-state index in [-0.39, 0.29) is 17.4 Å². The van der Waals surface area contributed by atoms with Crippen molar-refractivity contribution in [3.05, 3.63) is 59.7 Å². The van der Waals surface area contributed by atoms with Crippen LogP contribution in [0.3, 0.4) is 0 Å². The summed E-state index contributed by atoms with van der Waals surface area (Å²) < 4.78 is 5.57. The van der Waals surface area contributed by atoms with Crippen molar-refractivity contribution in [2.45, 2.75) is 31.6 Å². The van der Waals surface area contributed by atoms with Gasteiger partial charge in [0.2, 0.25) is 0 Å². The van der Waals surface area contributed by atoms with Crippen molar-refractivity contribution >= 4 is 6.09 Å². The molecule has 0 radical (unpaired) electrons. The molecule has 26 heavy (non-hydrogen) atoms. The van der Waals surface area contributed by atoms with Crippen LogP contribution in [0.5, 0.6) is 0 Å². The molecule has 2 aromatic carbocycles. The average molecular weight is 345 g/mol. The lowest BCUT2D eigenvalue weighted by Crippen LogP contribution is -2.36. The molecule has 2 aliphatic carbocycles. The summed E-state index contributed by atoms with van der Waals surface area (Å²) in [6.45, 7) is 0.836. The predicted molar refractivity (Wildman–Crippen MR) is 103 cm³/mol. The van der Waals surface area contributed by atoms with Gasteiger partial charge in [0, 0.05) is 17.9 Å². The molecule has 1 amide bonds. The number of hydrogen-bond acceptors (Lipinski definition) is 2. The van der Waals surface area contributed by atoms with Crippen molar-refractivity contribution in [2.24, 2.45) is 5.41 Å². The lowest BCUT2D eigenvalue weighted by molar-refractivity contribution is 0.139. The van der Waals surface area contributed by atoms with Gasteiger partial charge in [0.1, 0.15) is 6.61 Å². The number of terminal acetylenes is 1. The van der Waals surface area contributed by atoms with Crippen LogP contribution in [0.2, 0.25) is 0 Å². The Labute approximate surface area is 154 Å². The first-order chi connectivity index (χ1) is 12.7. The van der Waals surface area contributed by atoms with Crippen LogP contribution in [0.4, 0.5) is 4.79 Å². The van der Waals surface area contributed by atoms with Crippen LogP contribution in [0, 0.1) is 17.8 Å². The van der Waals surface area contributed by atoms with Gasteiger partial charge < -0.3 is 10.1 Å². The van der Waals surface area contributed by atoms with Crippen LogP contribution in [0.1, 0.15) is 42.7 Å². The summed E-state index contributed by atoms with van der Waals surface area (Å²) in [6.07, 6.45) is 9.54. The molecule has 0 aromatic heterocycles. The van der Waals surface area contributed by atoms with E-state index < -0.39 is 0 Å². The van der Waals surface area contributed by atoms with E-state index in [9.17, 15) is 4.79 Å². The number of fused-ring (bicyclic) bond motifs is 3. The Morgan fingerprint density at radius 3 is 2.23 bits per heavy atom. The quantitative estimate of drug-likeness (QED) is 0.814. The number of nitrogens with one attached hydrogen (secondary N) is 1. The molecular formula is C23H23NO2. The number of benzene rings is 2. The fourth-order valence-electron chi connectivity index (χ4n) is 4.31. The summed E-state index contributed by atoms with van der Waals surface area (Å²) in [5.74, 6) is 2.97. The largest absolute Gasteiger partial charge is 0.449 e. The number of carbonyl (C=O) groups excluding carboxylic acids is 1. The van der Waals surface area contributed by atoms with Gasteiger partial charge in [0.25, 0.3) is 0 Å². The second-order valence-corrected chi connectivity index (χ2v) is 7.31. The number of ether oxygens (including phenoxy) is 1. The highest BCUT2D eigenvalue weighted by Crippen LogP contribution is 2.44. The Morgan fingerprint density at radius 2 is 1.65 bits per heavy atom. The van der Waals surface area contributed by atoms with E-state index in [1.807, 2.05) is 24.3 Å². The number of hydrogen-bond donors (Lipinski definition) is 1. The van der Waals surface area contributed by atoms with Gasteiger partial charge in [0.15, 0.2) is 0 Å². The van der Waals surface area contributed by atoms with E-state index in [1.165, 1.54) is 22.3 Å². The Morgan fingerprint density at radius 1 is 1.08 bits per heavy atom. The Hall–Kier alpha value is -2.73. The summed E-state index contributed by atoms with van der Waals surface area (Å²) in [5.41, 5.74) is 4.71. The standard InChI is InChI=1S/C23H23NO2/c1-2-23(13-7-8-14-23)16-24-22(25)26-15-21-19-11-5-3-9-17(19)18-10-4-6-12-20(18)21/h1,3-6,9-12,21H,7-8,13-16H2,(H,24,25). The van der Waals surface area contributed by atoms with Gasteiger partial charge >= 0.3 is 6.09 Å². The van der Waals surface area contributed by atoms with E-state index in [1.54, 1.807) is 0 Å². The molecule has 0 aliphatic heterocycles. The number of rotatable bonds is 4. The molecule has 3 nitrogen and oxygen atoms in total. The molecule has 0 saturated heterocycles. The summed E-state index contributed by atoms with van der Waals surface area (Å²) in [7, 11) is 0. The lowest BCUT2D eigenvalue weighted by atomic mass is 9.87. The van der Waals surface area contributed by atoms with Crippen LogP contribution in [0.15, 0.2) is 48.5 Å². The molecule has 0 bridgehead atoms. The highest BCUT2D eigenvalue weighted by atomic mass is 16.5. The minimum atomic E-state index is -0.381. The molecule has 1 fully saturated rings. The van der Waals surface area contributed by atoms with Crippen molar-refractivity contribution in [2.75, 3.05) is 13.2 Å². The molecule has 0 heterocycles. The smallest absolute Gasteiger partial charge is 0.407 e. The van der Waals surface area contributed by atoms with Gasteiger partial charge in [-0.15, -0.1) is 6.42 Å². The molecule has 2 aromatic rings. The molecule has 2 aliphatic rings. The van der Waals surface area contributed by atoms with Crippen molar-refractivity contribution in [3.63, 3.8) is 0 Å². The monoisotopic (exact) mass is 345 g/mol. The Bertz CT molecular complexity index is 813. The second kappa shape index (κ2) is 6.88. The highest BCUT2D eigenvalue weighted by Gasteiger charge is 2.33. The zero-order chi connectivity index (χ0) is 18.0. The molecule has 132 valence electrons. The molecule has 0 atom stereocenters. The van der Waals surface area contributed by atoms with E-state index >= 15 is 0 Å². The molecular weight excluding hydrogens is 322 g/mol. The zero-order valence-corrected chi connectivity index (χ0v) is 14.8. The minimum Gasteiger partial charge on any atom is -0.449 e. The van der Waals surface area contributed by atoms with E-state index in [2.05, 4.69) is 35.5 Å². The van der Waals surface area contributed by atoms with E-state index in [0.29, 0.717) is 13.2 Å². The van der Waals surface area contributed by atoms with Crippen molar-refractivity contribution in [1.82, 2.24) is 5.32 Å². The van der Waals surface area contributed by atoms with Crippen LogP contribution >= 0.6 is 0 Å². The summed E-state index contributed by atoms with van der Waals surface area (Å²) in [6, 6.07) is 16.7. The minimum absolute atomic E-state index is 0.0845. The first-order valence-corrected chi connectivity index (χ1v) is 9.29. The summed E-state index contributed by atoms with van der Waals surface area (Å²) in [4.78, 5) is 12.2. The highest BCUT2D eigenvalue weighted by molar-refractivity contribution is 5.79. The second-order valence-electron chi connectivity index (χ2n) is 7.31. The van der Waals surface area contributed by atoms with E-state index in [0.717, 1.165) is 25.7 Å². The number of alkyl carbamates (subject to hydrolysis) is 1. The fraction of sp³-hybridized carbons (Fsp3) is 0.348. The van der Waals surface area contributed by atoms with Crippen molar-refractivity contribution < 1.29 is 9.53 Å². The zero-order valence-electron chi connectivity index (χ0n) is 14.8. The maximum Gasteiger partial charge on any atom is 0.407 e. The van der Waals surface area contributed by atoms with Crippen molar-refractivity contribution in [3.8, 4) is 23.5 Å². The first kappa shape index (κ1) is 16.7. The lowest BCUT2D eigenvalue weighted by Gasteiger charge is -2.22. The van der Waals surface area contributed by atoms with Gasteiger partial charge in [-0.25, -0.2) is 4.79 Å². The molecule has 4 rings (SSSR count). The third-order valence-electron chi connectivity index (χ3n) is 5.78. The SMILES string of the molecule is C#CC1(CNC(=O)OCC2c3ccccc3-c3ccccc32)CCCC1. The van der Waals surface area contributed by atoms with Gasteiger partial charge in [-0.05, 0) is 35.1 Å². The average Bonchev–Trinajstić information content (AvgIpc) is 3.28. The maximum absolute atomic E-state index is 12.2. The summed E-state index contributed by atoms with van der Waals surface area (Å²) in [5, 5.41) is 2.88. The number of carbonyl (C=O) groups is 1. The van der Waals surface area contributed by atoms with Gasteiger partial charge in [-0.3, -0.25) is 0 Å². The van der Waals surface area contributed by atoms with Crippen LogP contribution in [-0.2, 0) is 4.74 Å². The maximum atomic E-state index is 12.2. The molecule has 3 heteroatoms. The van der Waals surface area contributed by atoms with Crippen LogP contribution < -0.4 is 5.32 Å². The van der Waals surface area contributed by atoms with E-state index in [4.69, 9.17) is 11.2 Å². The topological polar surface area (TPSA) is 38.3 Å². The van der Waals surface area contributed by atoms with Crippen molar-refractivity contribution in [1.29, 1.82) is 0 Å². The summed E-state index contributed by atoms with van der Waals surface area (Å²) >= 11 is 0. The Kier molecular flexibility index (Phi) is 4.42. The normalized spacial score (nSPS) is 17.2. The fourth-order valence-corrected chi connectivity index (χ4v) is 4.31. The van der Waals surface area contributed by atoms with Crippen LogP contribution in [0.25, 0.3) is 11.1 Å². The van der Waals surface area contributed by atoms with Crippen LogP contribution in [-0.4, -0.2) is 19.2 Å². The van der Waals surface area contributed by atoms with Gasteiger partial charge in [-0.1, -0.05) is 67.3 Å². The predicted octanol–water partition coefficient (Wildman–Crippen LogP) is 4.72. The molecule has 1 N–H and O–H groups in total. The van der Waals surface area contributed by atoms with Gasteiger partial charge in [-0.2, -0.15) is 0 Å². The third kappa shape index (κ3) is 2.97.